The van der Waals surface area contributed by atoms with Crippen molar-refractivity contribution < 1.29 is 0 Å². The molecule has 0 saturated carbocycles. The summed E-state index contributed by atoms with van der Waals surface area (Å²) in [5.41, 5.74) is 30.6. The number of anilines is 6. The van der Waals surface area contributed by atoms with Gasteiger partial charge in [-0.3, -0.25) is 0 Å². The van der Waals surface area contributed by atoms with E-state index in [0.29, 0.717) is 5.92 Å². The van der Waals surface area contributed by atoms with Crippen molar-refractivity contribution in [2.45, 2.75) is 111 Å². The van der Waals surface area contributed by atoms with E-state index >= 15 is 0 Å². The van der Waals surface area contributed by atoms with Crippen molar-refractivity contribution in [3.8, 4) is 44.5 Å². The van der Waals surface area contributed by atoms with E-state index in [2.05, 4.69) is 298 Å². The molecule has 4 aliphatic rings. The average Bonchev–Trinajstić information content (AvgIpc) is 2.35. The van der Waals surface area contributed by atoms with Crippen molar-refractivity contribution >= 4 is 67.9 Å². The first-order valence-corrected chi connectivity index (χ1v) is 29.5. The molecule has 388 valence electrons. The van der Waals surface area contributed by atoms with Crippen LogP contribution in [0, 0.1) is 6.92 Å². The van der Waals surface area contributed by atoms with Crippen LogP contribution < -0.4 is 25.5 Å². The van der Waals surface area contributed by atoms with Gasteiger partial charge in [0.1, 0.15) is 0 Å². The van der Waals surface area contributed by atoms with Gasteiger partial charge >= 0.3 is 0 Å². The fourth-order valence-corrected chi connectivity index (χ4v) is 15.5. The van der Waals surface area contributed by atoms with Crippen molar-refractivity contribution in [3.63, 3.8) is 0 Å². The summed E-state index contributed by atoms with van der Waals surface area (Å²) >= 11 is 2.08. The maximum Gasteiger partial charge on any atom is 0.264 e. The normalized spacial score (nSPS) is 14.5. The van der Waals surface area contributed by atoms with E-state index in [1.165, 1.54) is 144 Å². The highest BCUT2D eigenvalue weighted by Gasteiger charge is 2.57. The van der Waals surface area contributed by atoms with Gasteiger partial charge in [0.2, 0.25) is 0 Å². The van der Waals surface area contributed by atoms with Crippen LogP contribution in [0.2, 0.25) is 0 Å². The zero-order chi connectivity index (χ0) is 54.7. The Labute approximate surface area is 473 Å². The fraction of sp³-hybridized carbons (Fsp3) is 0.227. The van der Waals surface area contributed by atoms with Gasteiger partial charge in [-0.05, 0) is 166 Å². The lowest BCUT2D eigenvalue weighted by Crippen LogP contribution is -2.60. The highest BCUT2D eigenvalue weighted by molar-refractivity contribution is 7.30. The number of thiophene rings is 1. The number of benzene rings is 9. The molecule has 4 heteroatoms. The first kappa shape index (κ1) is 49.6. The van der Waals surface area contributed by atoms with Crippen LogP contribution >= 0.6 is 11.3 Å². The van der Waals surface area contributed by atoms with E-state index in [1.54, 1.807) is 0 Å². The summed E-state index contributed by atoms with van der Waals surface area (Å²) in [7, 11) is 0. The summed E-state index contributed by atoms with van der Waals surface area (Å²) in [6.45, 7) is 27.9. The van der Waals surface area contributed by atoms with E-state index in [0.717, 1.165) is 0 Å². The molecule has 79 heavy (non-hydrogen) atoms. The first-order valence-electron chi connectivity index (χ1n) is 28.6. The summed E-state index contributed by atoms with van der Waals surface area (Å²) < 4.78 is 1.40. The molecule has 2 nitrogen and oxygen atoms in total. The zero-order valence-corrected chi connectivity index (χ0v) is 48.7. The number of nitrogens with zero attached hydrogens (tertiary/aromatic N) is 2. The maximum atomic E-state index is 2.69. The monoisotopic (exact) mass is 1040 g/mol. The molecule has 1 aromatic heterocycles. The minimum atomic E-state index is -0.509. The molecule has 10 aromatic rings. The molecular formula is C75H69BN2S. The number of hydrogen-bond acceptors (Lipinski definition) is 3. The Morgan fingerprint density at radius 3 is 1.58 bits per heavy atom. The number of aryl methyl sites for hydroxylation is 1. The standard InChI is InChI=1S/C75H69BN2S/c1-45(2)48-26-37-55(47-20-14-13-15-21-47)59(42-48)49-27-39-63-64(43-49)77(53-33-28-50(29-34-53)72(4,5)6)65-40-46(3)41-66-68(65)76(63)71-69(78(66)54-35-30-51(31-36-54)73(7,8)9)67-58-38-32-52(74(10,11)12)44-62(58)75(70(67)79-71)60-24-18-16-22-56(60)57-23-17-19-25-61(57)75/h13-45H,1-12H3. The van der Waals surface area contributed by atoms with E-state index in [-0.39, 0.29) is 23.0 Å². The molecule has 0 fully saturated rings. The minimum Gasteiger partial charge on any atom is -0.311 e. The molecule has 0 N–H and O–H groups in total. The summed E-state index contributed by atoms with van der Waals surface area (Å²) in [5, 5.41) is 0. The Morgan fingerprint density at radius 1 is 0.443 bits per heavy atom. The van der Waals surface area contributed by atoms with Crippen LogP contribution in [0.15, 0.2) is 194 Å². The van der Waals surface area contributed by atoms with Gasteiger partial charge in [-0.15, -0.1) is 11.3 Å². The molecule has 9 aromatic carbocycles. The molecule has 0 radical (unpaired) electrons. The predicted octanol–water partition coefficient (Wildman–Crippen LogP) is 18.8. The SMILES string of the molecule is Cc1cc2c3c(c1)N(c1ccc(C(C)(C)C)cc1)c1c(sc4c1-c1ccc(C(C)(C)C)cc1C41c4ccccc4-c4ccccc41)B3c1ccc(-c3cc(C(C)C)ccc3-c3ccccc3)cc1N2c1ccc(C(C)(C)C)cc1. The smallest absolute Gasteiger partial charge is 0.264 e. The molecule has 3 heterocycles. The summed E-state index contributed by atoms with van der Waals surface area (Å²) in [6, 6.07) is 75.7. The molecule has 0 unspecified atom stereocenters. The van der Waals surface area contributed by atoms with Gasteiger partial charge in [-0.25, -0.2) is 0 Å². The Balaban J connectivity index is 1.11. The molecule has 0 saturated heterocycles. The maximum absolute atomic E-state index is 2.69. The molecule has 2 aliphatic carbocycles. The third-order valence-electron chi connectivity index (χ3n) is 18.0. The van der Waals surface area contributed by atoms with Crippen molar-refractivity contribution in [1.29, 1.82) is 0 Å². The summed E-state index contributed by atoms with van der Waals surface area (Å²) in [4.78, 5) is 6.73. The lowest BCUT2D eigenvalue weighted by atomic mass is 9.36. The molecular weight excluding hydrogens is 972 g/mol. The number of hydrogen-bond donors (Lipinski definition) is 0. The molecule has 0 bridgehead atoms. The third kappa shape index (κ3) is 7.36. The van der Waals surface area contributed by atoms with Gasteiger partial charge in [0, 0.05) is 43.7 Å². The first-order chi connectivity index (χ1) is 37.8. The molecule has 2 aliphatic heterocycles. The van der Waals surface area contributed by atoms with Gasteiger partial charge in [-0.1, -0.05) is 228 Å². The Hall–Kier alpha value is -7.66. The molecule has 0 atom stereocenters. The molecule has 1 spiro atoms. The lowest BCUT2D eigenvalue weighted by molar-refractivity contribution is 0.588. The second-order valence-corrected chi connectivity index (χ2v) is 27.4. The van der Waals surface area contributed by atoms with Gasteiger partial charge in [0.15, 0.2) is 0 Å². The van der Waals surface area contributed by atoms with E-state index in [9.17, 15) is 0 Å². The highest BCUT2D eigenvalue weighted by Crippen LogP contribution is 2.67. The Bertz CT molecular complexity index is 4070. The summed E-state index contributed by atoms with van der Waals surface area (Å²) in [6.07, 6.45) is 0. The zero-order valence-electron chi connectivity index (χ0n) is 47.9. The fourth-order valence-electron chi connectivity index (χ4n) is 13.9. The van der Waals surface area contributed by atoms with Gasteiger partial charge in [0.25, 0.3) is 6.71 Å². The molecule has 14 rings (SSSR count). The van der Waals surface area contributed by atoms with Crippen molar-refractivity contribution in [3.05, 3.63) is 244 Å². The second-order valence-electron chi connectivity index (χ2n) is 26.4. The van der Waals surface area contributed by atoms with Crippen LogP contribution in [-0.4, -0.2) is 6.71 Å². The van der Waals surface area contributed by atoms with Gasteiger partial charge in [0.05, 0.1) is 11.1 Å². The third-order valence-corrected chi connectivity index (χ3v) is 19.3. The van der Waals surface area contributed by atoms with Crippen molar-refractivity contribution in [2.24, 2.45) is 0 Å². The predicted molar refractivity (Wildman–Crippen MR) is 340 cm³/mol. The molecule has 0 amide bonds. The van der Waals surface area contributed by atoms with Crippen molar-refractivity contribution in [2.75, 3.05) is 9.80 Å². The van der Waals surface area contributed by atoms with Crippen LogP contribution in [-0.2, 0) is 21.7 Å². The van der Waals surface area contributed by atoms with E-state index in [1.807, 2.05) is 0 Å². The van der Waals surface area contributed by atoms with Crippen molar-refractivity contribution in [1.82, 2.24) is 0 Å². The Kier molecular flexibility index (Phi) is 10.9. The largest absolute Gasteiger partial charge is 0.311 e. The van der Waals surface area contributed by atoms with Crippen LogP contribution in [0.4, 0.5) is 34.1 Å². The van der Waals surface area contributed by atoms with Crippen LogP contribution in [0.5, 0.6) is 0 Å². The Morgan fingerprint density at radius 2 is 0.987 bits per heavy atom. The summed E-state index contributed by atoms with van der Waals surface area (Å²) in [5.74, 6) is 0.383. The minimum absolute atomic E-state index is 0.00567. The topological polar surface area (TPSA) is 6.48 Å². The second kappa shape index (κ2) is 17.4. The quantitative estimate of drug-likeness (QED) is 0.159. The van der Waals surface area contributed by atoms with Gasteiger partial charge in [-0.2, -0.15) is 0 Å². The lowest BCUT2D eigenvalue weighted by Gasteiger charge is -2.44. The number of rotatable bonds is 5. The van der Waals surface area contributed by atoms with Crippen LogP contribution in [0.1, 0.15) is 131 Å². The average molecular weight is 1040 g/mol. The number of fused-ring (bicyclic) bond motifs is 15. The van der Waals surface area contributed by atoms with E-state index < -0.39 is 5.41 Å². The van der Waals surface area contributed by atoms with Gasteiger partial charge < -0.3 is 9.80 Å². The van der Waals surface area contributed by atoms with Crippen LogP contribution in [0.3, 0.4) is 0 Å². The van der Waals surface area contributed by atoms with E-state index in [4.69, 9.17) is 0 Å². The van der Waals surface area contributed by atoms with Crippen LogP contribution in [0.25, 0.3) is 44.5 Å². The highest BCUT2D eigenvalue weighted by atomic mass is 32.1.